The minimum atomic E-state index is -4.54. The molecule has 152 valence electrons. The van der Waals surface area contributed by atoms with Crippen molar-refractivity contribution < 1.29 is 23.0 Å². The number of nitrogens with one attached hydrogen (secondary N) is 1. The van der Waals surface area contributed by atoms with Crippen LogP contribution in [0, 0.1) is 0 Å². The molecular weight excluding hydrogens is 429 g/mol. The summed E-state index contributed by atoms with van der Waals surface area (Å²) < 4.78 is 43.8. The first-order chi connectivity index (χ1) is 13.7. The highest BCUT2D eigenvalue weighted by Crippen LogP contribution is 2.42. The molecular formula is C19H14ClF3N2O3S. The van der Waals surface area contributed by atoms with Crippen molar-refractivity contribution in [3.8, 4) is 17.5 Å². The van der Waals surface area contributed by atoms with E-state index in [4.69, 9.17) is 16.3 Å². The Morgan fingerprint density at radius 2 is 2.10 bits per heavy atom. The number of H-pyrrole nitrogens is 1. The number of hydrogen-bond acceptors (Lipinski definition) is 5. The Hall–Kier alpha value is -2.52. The highest BCUT2D eigenvalue weighted by Gasteiger charge is 2.32. The number of aromatic amines is 1. The number of nitrogens with zero attached hydrogens (tertiary/aromatic N) is 1. The molecule has 29 heavy (non-hydrogen) atoms. The van der Waals surface area contributed by atoms with Crippen LogP contribution in [0.1, 0.15) is 40.3 Å². The molecule has 2 heterocycles. The van der Waals surface area contributed by atoms with Crippen molar-refractivity contribution in [3.63, 3.8) is 0 Å². The average molecular weight is 443 g/mol. The molecule has 10 heteroatoms. The van der Waals surface area contributed by atoms with Gasteiger partial charge in [-0.1, -0.05) is 29.0 Å². The van der Waals surface area contributed by atoms with Crippen LogP contribution in [0.3, 0.4) is 0 Å². The Kier molecular flexibility index (Phi) is 5.04. The third kappa shape index (κ3) is 3.97. The van der Waals surface area contributed by atoms with E-state index < -0.39 is 11.7 Å². The van der Waals surface area contributed by atoms with Crippen molar-refractivity contribution in [2.75, 3.05) is 0 Å². The molecule has 2 aromatic heterocycles. The molecule has 0 aliphatic heterocycles. The van der Waals surface area contributed by atoms with E-state index in [1.54, 1.807) is 12.1 Å². The molecule has 1 aromatic carbocycles. The first-order valence-corrected chi connectivity index (χ1v) is 9.87. The van der Waals surface area contributed by atoms with Crippen molar-refractivity contribution in [1.82, 2.24) is 9.97 Å². The van der Waals surface area contributed by atoms with E-state index in [0.29, 0.717) is 16.8 Å². The summed E-state index contributed by atoms with van der Waals surface area (Å²) in [7, 11) is 0. The maximum absolute atomic E-state index is 12.7. The van der Waals surface area contributed by atoms with E-state index in [0.717, 1.165) is 47.8 Å². The second-order valence-electron chi connectivity index (χ2n) is 6.64. The fourth-order valence-electron chi connectivity index (χ4n) is 3.46. The van der Waals surface area contributed by atoms with Crippen LogP contribution in [0.15, 0.2) is 35.3 Å². The van der Waals surface area contributed by atoms with E-state index >= 15 is 0 Å². The SMILES string of the molecule is O=c1[nH]c(O)c([C@H]2CCCc3cc(Oc4ncc(C(F)(F)F)cc4Cl)ccc32)s1. The maximum Gasteiger partial charge on any atom is 0.417 e. The number of thiazole rings is 1. The van der Waals surface area contributed by atoms with E-state index in [1.807, 2.05) is 6.07 Å². The second-order valence-corrected chi connectivity index (χ2v) is 8.07. The van der Waals surface area contributed by atoms with Crippen molar-refractivity contribution in [2.45, 2.75) is 31.4 Å². The molecule has 5 nitrogen and oxygen atoms in total. The topological polar surface area (TPSA) is 75.2 Å². The minimum absolute atomic E-state index is 0.107. The number of hydrogen-bond donors (Lipinski definition) is 2. The van der Waals surface area contributed by atoms with Crippen molar-refractivity contribution in [3.05, 3.63) is 66.7 Å². The number of aryl methyl sites for hydroxylation is 1. The van der Waals surface area contributed by atoms with Gasteiger partial charge in [-0.2, -0.15) is 13.2 Å². The number of ether oxygens (including phenoxy) is 1. The number of benzene rings is 1. The lowest BCUT2D eigenvalue weighted by molar-refractivity contribution is -0.137. The predicted molar refractivity (Wildman–Crippen MR) is 102 cm³/mol. The van der Waals surface area contributed by atoms with Crippen LogP contribution < -0.4 is 9.61 Å². The number of pyridine rings is 1. The van der Waals surface area contributed by atoms with Gasteiger partial charge in [0.1, 0.15) is 10.8 Å². The summed E-state index contributed by atoms with van der Waals surface area (Å²) in [5, 5.41) is 9.76. The fraction of sp³-hybridized carbons (Fsp3) is 0.263. The Labute approximate surface area is 171 Å². The number of alkyl halides is 3. The molecule has 0 bridgehead atoms. The van der Waals surface area contributed by atoms with Crippen molar-refractivity contribution in [2.24, 2.45) is 0 Å². The quantitative estimate of drug-likeness (QED) is 0.564. The van der Waals surface area contributed by atoms with Crippen molar-refractivity contribution in [1.29, 1.82) is 0 Å². The summed E-state index contributed by atoms with van der Waals surface area (Å²) in [6.45, 7) is 0. The van der Waals surface area contributed by atoms with Crippen LogP contribution in [0.5, 0.6) is 17.5 Å². The van der Waals surface area contributed by atoms with Gasteiger partial charge in [0.15, 0.2) is 0 Å². The minimum Gasteiger partial charge on any atom is -0.494 e. The molecule has 4 rings (SSSR count). The molecule has 0 fully saturated rings. The molecule has 2 N–H and O–H groups in total. The van der Waals surface area contributed by atoms with Gasteiger partial charge in [-0.25, -0.2) is 4.98 Å². The summed E-state index contributed by atoms with van der Waals surface area (Å²) in [5.74, 6) is 0.0574. The van der Waals surface area contributed by atoms with Gasteiger partial charge in [0, 0.05) is 12.1 Å². The third-order valence-corrected chi connectivity index (χ3v) is 6.01. The summed E-state index contributed by atoms with van der Waals surface area (Å²) in [6, 6.07) is 6.05. The van der Waals surface area contributed by atoms with Gasteiger partial charge in [0.05, 0.1) is 10.4 Å². The molecule has 1 aliphatic carbocycles. The first-order valence-electron chi connectivity index (χ1n) is 8.68. The monoisotopic (exact) mass is 442 g/mol. The first kappa shape index (κ1) is 19.8. The molecule has 0 saturated carbocycles. The number of aromatic hydroxyl groups is 1. The van der Waals surface area contributed by atoms with Gasteiger partial charge >= 0.3 is 11.0 Å². The van der Waals surface area contributed by atoms with Crippen LogP contribution in [0.25, 0.3) is 0 Å². The largest absolute Gasteiger partial charge is 0.494 e. The van der Waals surface area contributed by atoms with Crippen LogP contribution in [-0.2, 0) is 12.6 Å². The lowest BCUT2D eigenvalue weighted by Crippen LogP contribution is -2.10. The smallest absolute Gasteiger partial charge is 0.417 e. The summed E-state index contributed by atoms with van der Waals surface area (Å²) in [6.07, 6.45) is -1.44. The highest BCUT2D eigenvalue weighted by atomic mass is 35.5. The van der Waals surface area contributed by atoms with Gasteiger partial charge < -0.3 is 9.84 Å². The zero-order chi connectivity index (χ0) is 20.8. The van der Waals surface area contributed by atoms with E-state index in [9.17, 15) is 23.1 Å². The Bertz CT molecular complexity index is 1130. The summed E-state index contributed by atoms with van der Waals surface area (Å²) >= 11 is 6.89. The lowest BCUT2D eigenvalue weighted by Gasteiger charge is -2.25. The fourth-order valence-corrected chi connectivity index (χ4v) is 4.55. The molecule has 0 unspecified atom stereocenters. The van der Waals surface area contributed by atoms with Crippen LogP contribution in [0.2, 0.25) is 5.02 Å². The third-order valence-electron chi connectivity index (χ3n) is 4.75. The number of halogens is 4. The molecule has 1 aliphatic rings. The standard InChI is InChI=1S/C19H14ClF3N2O3S/c20-14-7-10(19(21,22)23)8-24-17(14)28-11-4-5-12-9(6-11)2-1-3-13(12)15-16(26)25-18(27)29-15/h4-8,13,26H,1-3H2,(H,25,27)/t13-/m0/s1. The molecule has 3 aromatic rings. The number of aromatic nitrogens is 2. The number of fused-ring (bicyclic) bond motifs is 1. The van der Waals surface area contributed by atoms with Crippen molar-refractivity contribution >= 4 is 22.9 Å². The molecule has 0 saturated heterocycles. The van der Waals surface area contributed by atoms with Gasteiger partial charge in [-0.3, -0.25) is 9.78 Å². The molecule has 0 radical (unpaired) electrons. The van der Waals surface area contributed by atoms with E-state index in [2.05, 4.69) is 9.97 Å². The van der Waals surface area contributed by atoms with Gasteiger partial charge in [-0.05, 0) is 48.6 Å². The molecule has 0 amide bonds. The summed E-state index contributed by atoms with van der Waals surface area (Å²) in [5.41, 5.74) is 0.996. The second kappa shape index (κ2) is 7.38. The lowest BCUT2D eigenvalue weighted by atomic mass is 9.82. The Morgan fingerprint density at radius 3 is 2.76 bits per heavy atom. The zero-order valence-electron chi connectivity index (χ0n) is 14.7. The Balaban J connectivity index is 1.62. The zero-order valence-corrected chi connectivity index (χ0v) is 16.3. The van der Waals surface area contributed by atoms with Gasteiger partial charge in [-0.15, -0.1) is 0 Å². The van der Waals surface area contributed by atoms with Gasteiger partial charge in [0.25, 0.3) is 0 Å². The maximum atomic E-state index is 12.7. The number of rotatable bonds is 3. The molecule has 1 atom stereocenters. The van der Waals surface area contributed by atoms with Crippen LogP contribution >= 0.6 is 22.9 Å². The predicted octanol–water partition coefficient (Wildman–Crippen LogP) is 5.47. The Morgan fingerprint density at radius 1 is 1.31 bits per heavy atom. The average Bonchev–Trinajstić information content (AvgIpc) is 3.00. The van der Waals surface area contributed by atoms with Crippen LogP contribution in [0.4, 0.5) is 13.2 Å². The van der Waals surface area contributed by atoms with Crippen LogP contribution in [-0.4, -0.2) is 15.1 Å². The van der Waals surface area contributed by atoms with Gasteiger partial charge in [0.2, 0.25) is 11.8 Å². The molecule has 0 spiro atoms. The van der Waals surface area contributed by atoms with E-state index in [-0.39, 0.29) is 27.6 Å². The summed E-state index contributed by atoms with van der Waals surface area (Å²) in [4.78, 5) is 17.9. The highest BCUT2D eigenvalue weighted by molar-refractivity contribution is 7.09. The van der Waals surface area contributed by atoms with E-state index in [1.165, 1.54) is 0 Å². The normalized spacial score (nSPS) is 16.5.